The van der Waals surface area contributed by atoms with Gasteiger partial charge < -0.3 is 10.4 Å². The number of thiazole rings is 1. The summed E-state index contributed by atoms with van der Waals surface area (Å²) in [4.78, 5) is 20.1. The number of aromatic carboxylic acids is 1. The number of pyridine rings is 1. The number of nitrogens with one attached hydrogen (secondary N) is 1. The summed E-state index contributed by atoms with van der Waals surface area (Å²) in [6.07, 6.45) is 1.82. The molecule has 0 aromatic carbocycles. The number of rotatable bonds is 6. The molecule has 0 saturated carbocycles. The number of nitrogens with zero attached hydrogens (tertiary/aromatic N) is 2. The summed E-state index contributed by atoms with van der Waals surface area (Å²) in [5.74, 6) is -0.976. The third-order valence-electron chi connectivity index (χ3n) is 2.83. The van der Waals surface area contributed by atoms with Crippen LogP contribution >= 0.6 is 11.3 Å². The van der Waals surface area contributed by atoms with E-state index in [1.165, 1.54) is 11.3 Å². The first-order chi connectivity index (χ1) is 9.56. The fourth-order valence-corrected chi connectivity index (χ4v) is 2.70. The molecular formula is C14H17N3O2S. The van der Waals surface area contributed by atoms with Crippen LogP contribution in [0.3, 0.4) is 0 Å². The number of hydrogen-bond acceptors (Lipinski definition) is 5. The van der Waals surface area contributed by atoms with E-state index in [-0.39, 0.29) is 5.69 Å². The molecule has 2 aromatic rings. The van der Waals surface area contributed by atoms with Crippen LogP contribution in [0.25, 0.3) is 0 Å². The Balaban J connectivity index is 1.81. The van der Waals surface area contributed by atoms with Gasteiger partial charge in [0.15, 0.2) is 10.8 Å². The Hall–Kier alpha value is -1.95. The fourth-order valence-electron chi connectivity index (χ4n) is 1.87. The molecule has 0 aliphatic heterocycles. The molecule has 0 amide bonds. The Morgan fingerprint density at radius 1 is 1.35 bits per heavy atom. The lowest BCUT2D eigenvalue weighted by atomic mass is 10.2. The number of carboxylic acids is 1. The molecule has 2 rings (SSSR count). The van der Waals surface area contributed by atoms with Gasteiger partial charge in [0.05, 0.1) is 0 Å². The molecule has 2 aromatic heterocycles. The summed E-state index contributed by atoms with van der Waals surface area (Å²) in [7, 11) is 0. The number of aryl methyl sites for hydroxylation is 3. The summed E-state index contributed by atoms with van der Waals surface area (Å²) in [5.41, 5.74) is 2.24. The Kier molecular flexibility index (Phi) is 4.68. The number of aromatic nitrogens is 2. The van der Waals surface area contributed by atoms with Crippen LogP contribution in [0, 0.1) is 13.8 Å². The third-order valence-corrected chi connectivity index (χ3v) is 3.76. The van der Waals surface area contributed by atoms with E-state index in [1.54, 1.807) is 6.92 Å². The highest BCUT2D eigenvalue weighted by molar-refractivity contribution is 7.15. The van der Waals surface area contributed by atoms with Gasteiger partial charge >= 0.3 is 5.97 Å². The highest BCUT2D eigenvalue weighted by Gasteiger charge is 2.13. The minimum absolute atomic E-state index is 0.137. The Morgan fingerprint density at radius 2 is 2.15 bits per heavy atom. The molecule has 0 bridgehead atoms. The molecule has 2 heterocycles. The zero-order chi connectivity index (χ0) is 14.5. The summed E-state index contributed by atoms with van der Waals surface area (Å²) < 4.78 is 0. The van der Waals surface area contributed by atoms with Crippen LogP contribution in [0.2, 0.25) is 0 Å². The van der Waals surface area contributed by atoms with Gasteiger partial charge in [-0.15, -0.1) is 11.3 Å². The molecule has 106 valence electrons. The molecule has 0 saturated heterocycles. The lowest BCUT2D eigenvalue weighted by Gasteiger charge is -2.03. The predicted molar refractivity (Wildman–Crippen MR) is 79.6 cm³/mol. The summed E-state index contributed by atoms with van der Waals surface area (Å²) in [6, 6.07) is 6.00. The van der Waals surface area contributed by atoms with Gasteiger partial charge in [0.2, 0.25) is 0 Å². The van der Waals surface area contributed by atoms with Gasteiger partial charge in [0.1, 0.15) is 0 Å². The summed E-state index contributed by atoms with van der Waals surface area (Å²) >= 11 is 1.37. The first-order valence-corrected chi connectivity index (χ1v) is 7.25. The van der Waals surface area contributed by atoms with Crippen LogP contribution in [0.1, 0.15) is 33.2 Å². The second kappa shape index (κ2) is 6.47. The van der Waals surface area contributed by atoms with Crippen molar-refractivity contribution in [3.05, 3.63) is 40.2 Å². The van der Waals surface area contributed by atoms with E-state index in [0.717, 1.165) is 35.7 Å². The minimum atomic E-state index is -0.976. The number of carbonyl (C=O) groups is 1. The molecule has 6 heteroatoms. The SMILES string of the molecule is Cc1cccc(CCCNc2nc(C(=O)O)c(C)s2)n1. The molecule has 0 unspecified atom stereocenters. The van der Waals surface area contributed by atoms with E-state index in [2.05, 4.69) is 15.3 Å². The zero-order valence-electron chi connectivity index (χ0n) is 11.5. The normalized spacial score (nSPS) is 10.5. The summed E-state index contributed by atoms with van der Waals surface area (Å²) in [5, 5.41) is 12.8. The van der Waals surface area contributed by atoms with Crippen molar-refractivity contribution in [3.63, 3.8) is 0 Å². The molecule has 0 aliphatic carbocycles. The summed E-state index contributed by atoms with van der Waals surface area (Å²) in [6.45, 7) is 4.50. The van der Waals surface area contributed by atoms with Crippen molar-refractivity contribution in [3.8, 4) is 0 Å². The lowest BCUT2D eigenvalue weighted by molar-refractivity contribution is 0.0690. The average molecular weight is 291 g/mol. The fraction of sp³-hybridized carbons (Fsp3) is 0.357. The van der Waals surface area contributed by atoms with Crippen LogP contribution in [0.5, 0.6) is 0 Å². The second-order valence-corrected chi connectivity index (χ2v) is 5.73. The van der Waals surface area contributed by atoms with Gasteiger partial charge in [-0.1, -0.05) is 6.07 Å². The van der Waals surface area contributed by atoms with Gasteiger partial charge in [-0.3, -0.25) is 4.98 Å². The van der Waals surface area contributed by atoms with Crippen LogP contribution in [0.15, 0.2) is 18.2 Å². The Morgan fingerprint density at radius 3 is 2.80 bits per heavy atom. The zero-order valence-corrected chi connectivity index (χ0v) is 12.3. The highest BCUT2D eigenvalue weighted by atomic mass is 32.1. The maximum Gasteiger partial charge on any atom is 0.355 e. The largest absolute Gasteiger partial charge is 0.476 e. The quantitative estimate of drug-likeness (QED) is 0.800. The molecule has 0 radical (unpaired) electrons. The van der Waals surface area contributed by atoms with Gasteiger partial charge in [0, 0.05) is 22.8 Å². The van der Waals surface area contributed by atoms with Crippen molar-refractivity contribution in [2.24, 2.45) is 0 Å². The molecule has 0 fully saturated rings. The molecule has 0 aliphatic rings. The first kappa shape index (κ1) is 14.5. The topological polar surface area (TPSA) is 75.1 Å². The van der Waals surface area contributed by atoms with Crippen molar-refractivity contribution in [1.29, 1.82) is 0 Å². The van der Waals surface area contributed by atoms with Crippen molar-refractivity contribution < 1.29 is 9.90 Å². The van der Waals surface area contributed by atoms with Crippen molar-refractivity contribution >= 4 is 22.4 Å². The second-order valence-electron chi connectivity index (χ2n) is 4.53. The van der Waals surface area contributed by atoms with Crippen LogP contribution < -0.4 is 5.32 Å². The average Bonchev–Trinajstić information content (AvgIpc) is 2.76. The number of hydrogen-bond donors (Lipinski definition) is 2. The van der Waals surface area contributed by atoms with E-state index in [9.17, 15) is 4.79 Å². The standard InChI is InChI=1S/C14H17N3O2S/c1-9-5-3-6-11(16-9)7-4-8-15-14-17-12(13(18)19)10(2)20-14/h3,5-6H,4,7-8H2,1-2H3,(H,15,17)(H,18,19). The monoisotopic (exact) mass is 291 g/mol. The minimum Gasteiger partial charge on any atom is -0.476 e. The first-order valence-electron chi connectivity index (χ1n) is 6.43. The molecule has 0 spiro atoms. The van der Waals surface area contributed by atoms with E-state index >= 15 is 0 Å². The predicted octanol–water partition coefficient (Wildman–Crippen LogP) is 2.90. The van der Waals surface area contributed by atoms with Crippen LogP contribution in [-0.4, -0.2) is 27.6 Å². The van der Waals surface area contributed by atoms with Gasteiger partial charge in [0.25, 0.3) is 0 Å². The van der Waals surface area contributed by atoms with Crippen LogP contribution in [0.4, 0.5) is 5.13 Å². The Bertz CT molecular complexity index is 610. The van der Waals surface area contributed by atoms with E-state index < -0.39 is 5.97 Å². The van der Waals surface area contributed by atoms with Gasteiger partial charge in [-0.25, -0.2) is 9.78 Å². The molecular weight excluding hydrogens is 274 g/mol. The van der Waals surface area contributed by atoms with E-state index in [1.807, 2.05) is 25.1 Å². The Labute approximate surface area is 121 Å². The van der Waals surface area contributed by atoms with E-state index in [0.29, 0.717) is 5.13 Å². The van der Waals surface area contributed by atoms with Crippen molar-refractivity contribution in [2.75, 3.05) is 11.9 Å². The maximum atomic E-state index is 10.9. The maximum absolute atomic E-state index is 10.9. The molecule has 20 heavy (non-hydrogen) atoms. The smallest absolute Gasteiger partial charge is 0.355 e. The van der Waals surface area contributed by atoms with Crippen molar-refractivity contribution in [1.82, 2.24) is 9.97 Å². The number of carboxylic acid groups (broad SMARTS) is 1. The number of anilines is 1. The third kappa shape index (κ3) is 3.77. The molecule has 5 nitrogen and oxygen atoms in total. The molecule has 2 N–H and O–H groups in total. The van der Waals surface area contributed by atoms with Gasteiger partial charge in [-0.05, 0) is 38.8 Å². The van der Waals surface area contributed by atoms with Crippen LogP contribution in [-0.2, 0) is 6.42 Å². The highest BCUT2D eigenvalue weighted by Crippen LogP contribution is 2.21. The van der Waals surface area contributed by atoms with E-state index in [4.69, 9.17) is 5.11 Å². The lowest BCUT2D eigenvalue weighted by Crippen LogP contribution is -2.04. The molecule has 0 atom stereocenters. The van der Waals surface area contributed by atoms with Gasteiger partial charge in [-0.2, -0.15) is 0 Å². The van der Waals surface area contributed by atoms with Crippen molar-refractivity contribution in [2.45, 2.75) is 26.7 Å².